The van der Waals surface area contributed by atoms with Crippen molar-refractivity contribution < 1.29 is 43.2 Å². The van der Waals surface area contributed by atoms with E-state index < -0.39 is 24.9 Å². The molecule has 0 aromatic carbocycles. The third kappa shape index (κ3) is 9.21. The second-order valence-electron chi connectivity index (χ2n) is 2.63. The van der Waals surface area contributed by atoms with Crippen LogP contribution in [0.1, 0.15) is 0 Å². The van der Waals surface area contributed by atoms with Crippen molar-refractivity contribution in [3.05, 3.63) is 0 Å². The molecule has 0 fully saturated rings. The lowest BCUT2D eigenvalue weighted by molar-refractivity contribution is -0.144. The molecule has 1 N–H and O–H groups in total. The minimum atomic E-state index is -1.09. The second kappa shape index (κ2) is 10.1. The highest BCUT2D eigenvalue weighted by Crippen LogP contribution is 1.89. The number of aliphatic hydroxyl groups is 1. The maximum Gasteiger partial charge on any atom is 0.508 e. The van der Waals surface area contributed by atoms with Gasteiger partial charge in [0.2, 0.25) is 0 Å². The summed E-state index contributed by atoms with van der Waals surface area (Å²) in [5.74, 6) is -0.726. The van der Waals surface area contributed by atoms with Crippen LogP contribution in [0, 0.1) is 0 Å². The van der Waals surface area contributed by atoms with Gasteiger partial charge in [-0.25, -0.2) is 14.4 Å². The first-order chi connectivity index (χ1) is 8.60. The molecular weight excluding hydrogens is 252 g/mol. The average Bonchev–Trinajstić information content (AvgIpc) is 2.38. The highest BCUT2D eigenvalue weighted by molar-refractivity contribution is 5.73. The Morgan fingerprint density at radius 1 is 0.889 bits per heavy atom. The standard InChI is InChI=1S/C9H14O9/c1-14-7(11)6-18-9(13)17-5-4-16-8(12)15-3-2-10/h10H,2-6H2,1H3. The number of ether oxygens (including phenoxy) is 5. The lowest BCUT2D eigenvalue weighted by Gasteiger charge is -2.06. The number of carbonyl (C=O) groups is 3. The van der Waals surface area contributed by atoms with Crippen LogP contribution in [0.2, 0.25) is 0 Å². The zero-order chi connectivity index (χ0) is 13.8. The first-order valence-corrected chi connectivity index (χ1v) is 4.87. The number of esters is 1. The van der Waals surface area contributed by atoms with Gasteiger partial charge in [-0.15, -0.1) is 0 Å². The van der Waals surface area contributed by atoms with Gasteiger partial charge in [0.25, 0.3) is 0 Å². The molecule has 0 heterocycles. The highest BCUT2D eigenvalue weighted by Gasteiger charge is 2.09. The molecule has 0 radical (unpaired) electrons. The monoisotopic (exact) mass is 266 g/mol. The minimum absolute atomic E-state index is 0.180. The van der Waals surface area contributed by atoms with Gasteiger partial charge in [0.05, 0.1) is 13.7 Å². The molecule has 0 spiro atoms. The molecule has 0 unspecified atom stereocenters. The molecule has 0 rings (SSSR count). The lowest BCUT2D eigenvalue weighted by Crippen LogP contribution is -2.19. The van der Waals surface area contributed by atoms with Crippen molar-refractivity contribution in [2.45, 2.75) is 0 Å². The minimum Gasteiger partial charge on any atom is -0.466 e. The summed E-state index contributed by atoms with van der Waals surface area (Å²) in [7, 11) is 1.14. The van der Waals surface area contributed by atoms with E-state index >= 15 is 0 Å². The fourth-order valence-electron chi connectivity index (χ4n) is 0.639. The summed E-state index contributed by atoms with van der Waals surface area (Å²) in [4.78, 5) is 32.1. The van der Waals surface area contributed by atoms with Crippen molar-refractivity contribution in [1.29, 1.82) is 0 Å². The Labute approximate surface area is 103 Å². The summed E-state index contributed by atoms with van der Waals surface area (Å²) in [6.45, 7) is -1.55. The van der Waals surface area contributed by atoms with E-state index in [0.29, 0.717) is 0 Å². The number of hydrogen-bond donors (Lipinski definition) is 1. The molecule has 0 atom stereocenters. The Hall–Kier alpha value is -2.03. The predicted octanol–water partition coefficient (Wildman–Crippen LogP) is -0.542. The summed E-state index contributed by atoms with van der Waals surface area (Å²) >= 11 is 0. The Morgan fingerprint density at radius 3 is 1.89 bits per heavy atom. The topological polar surface area (TPSA) is 118 Å². The molecule has 0 aliphatic carbocycles. The largest absolute Gasteiger partial charge is 0.508 e. The summed E-state index contributed by atoms with van der Waals surface area (Å²) < 4.78 is 21.8. The molecule has 0 aromatic rings. The van der Waals surface area contributed by atoms with Crippen LogP contribution in [0.25, 0.3) is 0 Å². The molecule has 0 saturated carbocycles. The van der Waals surface area contributed by atoms with Crippen LogP contribution in [-0.2, 0) is 28.5 Å². The molecule has 0 amide bonds. The van der Waals surface area contributed by atoms with Crippen LogP contribution in [0.3, 0.4) is 0 Å². The van der Waals surface area contributed by atoms with Crippen molar-refractivity contribution >= 4 is 18.3 Å². The van der Waals surface area contributed by atoms with E-state index in [1.165, 1.54) is 0 Å². The number of hydrogen-bond acceptors (Lipinski definition) is 9. The fraction of sp³-hybridized carbons (Fsp3) is 0.667. The molecule has 104 valence electrons. The van der Waals surface area contributed by atoms with E-state index in [2.05, 4.69) is 23.7 Å². The van der Waals surface area contributed by atoms with Gasteiger partial charge in [-0.1, -0.05) is 0 Å². The van der Waals surface area contributed by atoms with Gasteiger partial charge in [0.15, 0.2) is 6.61 Å². The van der Waals surface area contributed by atoms with Crippen LogP contribution < -0.4 is 0 Å². The average molecular weight is 266 g/mol. The predicted molar refractivity (Wildman–Crippen MR) is 53.7 cm³/mol. The molecular formula is C9H14O9. The quantitative estimate of drug-likeness (QED) is 0.368. The van der Waals surface area contributed by atoms with Gasteiger partial charge in [-0.05, 0) is 0 Å². The summed E-state index contributed by atoms with van der Waals surface area (Å²) in [5.41, 5.74) is 0. The third-order valence-electron chi connectivity index (χ3n) is 1.37. The van der Waals surface area contributed by atoms with Gasteiger partial charge in [0.1, 0.15) is 19.8 Å². The first kappa shape index (κ1) is 16.0. The van der Waals surface area contributed by atoms with Crippen LogP contribution in [0.15, 0.2) is 0 Å². The molecule has 0 bridgehead atoms. The number of rotatable bonds is 7. The molecule has 9 nitrogen and oxygen atoms in total. The normalized spacial score (nSPS) is 9.22. The van der Waals surface area contributed by atoms with Crippen molar-refractivity contribution in [3.8, 4) is 0 Å². The van der Waals surface area contributed by atoms with Gasteiger partial charge < -0.3 is 28.8 Å². The maximum absolute atomic E-state index is 10.8. The summed E-state index contributed by atoms with van der Waals surface area (Å²) in [6.07, 6.45) is -2.08. The van der Waals surface area contributed by atoms with Gasteiger partial charge in [-0.2, -0.15) is 0 Å². The number of carbonyl (C=O) groups excluding carboxylic acids is 3. The summed E-state index contributed by atoms with van der Waals surface area (Å²) in [6, 6.07) is 0. The van der Waals surface area contributed by atoms with Crippen molar-refractivity contribution in [2.24, 2.45) is 0 Å². The highest BCUT2D eigenvalue weighted by atomic mass is 16.8. The van der Waals surface area contributed by atoms with Gasteiger partial charge >= 0.3 is 18.3 Å². The van der Waals surface area contributed by atoms with Crippen LogP contribution >= 0.6 is 0 Å². The maximum atomic E-state index is 10.8. The molecule has 0 aliphatic heterocycles. The first-order valence-electron chi connectivity index (χ1n) is 4.87. The molecule has 0 aliphatic rings. The van der Waals surface area contributed by atoms with E-state index in [0.717, 1.165) is 7.11 Å². The Balaban J connectivity index is 3.45. The molecule has 0 aromatic heterocycles. The van der Waals surface area contributed by atoms with Crippen LogP contribution in [0.4, 0.5) is 9.59 Å². The van der Waals surface area contributed by atoms with Crippen molar-refractivity contribution in [2.75, 3.05) is 40.1 Å². The lowest BCUT2D eigenvalue weighted by atomic mass is 10.7. The smallest absolute Gasteiger partial charge is 0.466 e. The van der Waals surface area contributed by atoms with Crippen molar-refractivity contribution in [1.82, 2.24) is 0 Å². The van der Waals surface area contributed by atoms with E-state index in [-0.39, 0.29) is 26.4 Å². The van der Waals surface area contributed by atoms with Crippen LogP contribution in [0.5, 0.6) is 0 Å². The number of aliphatic hydroxyl groups excluding tert-OH is 1. The molecule has 9 heteroatoms. The van der Waals surface area contributed by atoms with E-state index in [1.54, 1.807) is 0 Å². The van der Waals surface area contributed by atoms with Crippen LogP contribution in [-0.4, -0.2) is 63.5 Å². The van der Waals surface area contributed by atoms with E-state index in [4.69, 9.17) is 5.11 Å². The van der Waals surface area contributed by atoms with Crippen molar-refractivity contribution in [3.63, 3.8) is 0 Å². The zero-order valence-corrected chi connectivity index (χ0v) is 9.75. The second-order valence-corrected chi connectivity index (χ2v) is 2.63. The zero-order valence-electron chi connectivity index (χ0n) is 9.75. The van der Waals surface area contributed by atoms with E-state index in [9.17, 15) is 14.4 Å². The Morgan fingerprint density at radius 2 is 1.39 bits per heavy atom. The molecule has 18 heavy (non-hydrogen) atoms. The van der Waals surface area contributed by atoms with Gasteiger partial charge in [-0.3, -0.25) is 0 Å². The Kier molecular flexibility index (Phi) is 9.00. The third-order valence-corrected chi connectivity index (χ3v) is 1.37. The summed E-state index contributed by atoms with van der Waals surface area (Å²) in [5, 5.41) is 8.33. The van der Waals surface area contributed by atoms with Gasteiger partial charge in [0, 0.05) is 0 Å². The Bertz CT molecular complexity index is 275. The number of methoxy groups -OCH3 is 1. The SMILES string of the molecule is COC(=O)COC(=O)OCCOC(=O)OCCO. The molecule has 0 saturated heterocycles. The fourth-order valence-corrected chi connectivity index (χ4v) is 0.639. The van der Waals surface area contributed by atoms with E-state index in [1.807, 2.05) is 0 Å².